The Balaban J connectivity index is 2.39. The van der Waals surface area contributed by atoms with E-state index in [2.05, 4.69) is 24.4 Å². The number of hydrogen-bond donors (Lipinski definition) is 2. The molecule has 0 saturated carbocycles. The van der Waals surface area contributed by atoms with Crippen LogP contribution in [0, 0.1) is 0 Å². The first-order valence-electron chi connectivity index (χ1n) is 15.5. The molecule has 0 radical (unpaired) electrons. The third kappa shape index (κ3) is 17.3. The van der Waals surface area contributed by atoms with Crippen molar-refractivity contribution in [3.05, 3.63) is 35.9 Å². The summed E-state index contributed by atoms with van der Waals surface area (Å²) >= 11 is 0. The average Bonchev–Trinajstić information content (AvgIpc) is 2.95. The fraction of sp³-hybridized carbons (Fsp3) is 0.636. The number of unbranched alkanes of at least 4 members (excludes halogenated alkanes) is 11. The van der Waals surface area contributed by atoms with E-state index in [4.69, 9.17) is 9.47 Å². The molecule has 0 aromatic heterocycles. The molecule has 0 fully saturated rings. The van der Waals surface area contributed by atoms with Crippen molar-refractivity contribution in [1.29, 1.82) is 0 Å². The molecule has 1 rings (SSSR count). The van der Waals surface area contributed by atoms with Gasteiger partial charge in [-0.1, -0.05) is 90.4 Å². The van der Waals surface area contributed by atoms with Gasteiger partial charge in [-0.3, -0.25) is 14.4 Å². The predicted octanol–water partition coefficient (Wildman–Crippen LogP) is 7.47. The number of carbonyl (C=O) groups is 4. The largest absolute Gasteiger partial charge is 0.480 e. The van der Waals surface area contributed by atoms with Gasteiger partial charge in [0.05, 0.1) is 0 Å². The summed E-state index contributed by atoms with van der Waals surface area (Å²) in [5, 5.41) is 12.3. The first kappa shape index (κ1) is 35.9. The van der Waals surface area contributed by atoms with Crippen molar-refractivity contribution >= 4 is 23.8 Å². The first-order chi connectivity index (χ1) is 19.8. The number of aliphatic carboxylic acids is 1. The number of carbonyl (C=O) groups excluding carboxylic acids is 3. The molecule has 0 aliphatic heterocycles. The number of benzene rings is 1. The van der Waals surface area contributed by atoms with Gasteiger partial charge < -0.3 is 19.9 Å². The van der Waals surface area contributed by atoms with Gasteiger partial charge >= 0.3 is 17.9 Å². The van der Waals surface area contributed by atoms with Crippen LogP contribution in [0.3, 0.4) is 0 Å². The summed E-state index contributed by atoms with van der Waals surface area (Å²) in [6, 6.07) is 3.39. The number of amides is 1. The lowest BCUT2D eigenvalue weighted by molar-refractivity contribution is -0.141. The van der Waals surface area contributed by atoms with Crippen LogP contribution in [0.15, 0.2) is 30.4 Å². The van der Waals surface area contributed by atoms with Gasteiger partial charge in [0.2, 0.25) is 5.91 Å². The zero-order valence-corrected chi connectivity index (χ0v) is 25.4. The van der Waals surface area contributed by atoms with Crippen LogP contribution in [0.4, 0.5) is 0 Å². The summed E-state index contributed by atoms with van der Waals surface area (Å²) in [7, 11) is 0. The van der Waals surface area contributed by atoms with Crippen LogP contribution < -0.4 is 14.8 Å². The molecule has 0 saturated heterocycles. The molecule has 0 aliphatic carbocycles. The maximum atomic E-state index is 12.4. The number of ether oxygens (including phenoxy) is 2. The van der Waals surface area contributed by atoms with Gasteiger partial charge in [-0.2, -0.15) is 0 Å². The molecule has 0 aliphatic rings. The van der Waals surface area contributed by atoms with Gasteiger partial charge in [0.25, 0.3) is 0 Å². The van der Waals surface area contributed by atoms with E-state index in [0.717, 1.165) is 32.1 Å². The number of carboxylic acids is 1. The fourth-order valence-corrected chi connectivity index (χ4v) is 4.29. The summed E-state index contributed by atoms with van der Waals surface area (Å²) in [5.41, 5.74) is 0.522. The smallest absolute Gasteiger partial charge is 0.326 e. The number of allylic oxidation sites excluding steroid dienone is 2. The molecule has 1 amide bonds. The Labute approximate surface area is 246 Å². The highest BCUT2D eigenvalue weighted by molar-refractivity contribution is 5.83. The third-order valence-corrected chi connectivity index (χ3v) is 6.77. The Morgan fingerprint density at radius 3 is 1.85 bits per heavy atom. The molecular weight excluding hydrogens is 522 g/mol. The van der Waals surface area contributed by atoms with Gasteiger partial charge in [-0.15, -0.1) is 0 Å². The third-order valence-electron chi connectivity index (χ3n) is 6.77. The van der Waals surface area contributed by atoms with E-state index in [1.54, 1.807) is 19.9 Å². The molecule has 230 valence electrons. The fourth-order valence-electron chi connectivity index (χ4n) is 4.29. The number of nitrogens with one attached hydrogen (secondary N) is 1. The predicted molar refractivity (Wildman–Crippen MR) is 161 cm³/mol. The second kappa shape index (κ2) is 22.5. The SMILES string of the molecule is CCCCCCCC/C=C\CCCCCCCC(=O)N[C@@H](Cc1ccc(OC(=O)CC)c(OC(=O)CC)c1)C(=O)O. The topological polar surface area (TPSA) is 119 Å². The molecule has 41 heavy (non-hydrogen) atoms. The van der Waals surface area contributed by atoms with Crippen LogP contribution in [0.5, 0.6) is 11.5 Å². The van der Waals surface area contributed by atoms with Gasteiger partial charge in [0, 0.05) is 25.7 Å². The highest BCUT2D eigenvalue weighted by Crippen LogP contribution is 2.30. The van der Waals surface area contributed by atoms with Crippen LogP contribution in [0.25, 0.3) is 0 Å². The number of hydrogen-bond acceptors (Lipinski definition) is 6. The van der Waals surface area contributed by atoms with Crippen molar-refractivity contribution in [3.63, 3.8) is 0 Å². The van der Waals surface area contributed by atoms with Gasteiger partial charge in [-0.25, -0.2) is 4.79 Å². The lowest BCUT2D eigenvalue weighted by Gasteiger charge is -2.16. The van der Waals surface area contributed by atoms with E-state index in [1.165, 1.54) is 57.1 Å². The highest BCUT2D eigenvalue weighted by Gasteiger charge is 2.22. The molecule has 8 nitrogen and oxygen atoms in total. The van der Waals surface area contributed by atoms with Crippen LogP contribution in [-0.2, 0) is 25.6 Å². The first-order valence-corrected chi connectivity index (χ1v) is 15.5. The maximum absolute atomic E-state index is 12.4. The van der Waals surface area contributed by atoms with Crippen molar-refractivity contribution in [2.45, 2.75) is 136 Å². The summed E-state index contributed by atoms with van der Waals surface area (Å²) in [6.07, 6.45) is 20.3. The van der Waals surface area contributed by atoms with Crippen molar-refractivity contribution in [3.8, 4) is 11.5 Å². The van der Waals surface area contributed by atoms with Crippen LogP contribution >= 0.6 is 0 Å². The maximum Gasteiger partial charge on any atom is 0.326 e. The van der Waals surface area contributed by atoms with Crippen LogP contribution in [0.1, 0.15) is 129 Å². The summed E-state index contributed by atoms with van der Waals surface area (Å²) in [4.78, 5) is 47.8. The minimum absolute atomic E-state index is 0.00781. The van der Waals surface area contributed by atoms with Gasteiger partial charge in [-0.05, 0) is 49.8 Å². The molecule has 1 aromatic carbocycles. The van der Waals surface area contributed by atoms with E-state index >= 15 is 0 Å². The Kier molecular flexibility index (Phi) is 19.7. The van der Waals surface area contributed by atoms with Gasteiger partial charge in [0.15, 0.2) is 11.5 Å². The second-order valence-corrected chi connectivity index (χ2v) is 10.4. The summed E-state index contributed by atoms with van der Waals surface area (Å²) < 4.78 is 10.5. The van der Waals surface area contributed by atoms with Crippen LogP contribution in [-0.4, -0.2) is 35.0 Å². The monoisotopic (exact) mass is 573 g/mol. The van der Waals surface area contributed by atoms with Crippen molar-refractivity contribution in [2.75, 3.05) is 0 Å². The standard InChI is InChI=1S/C33H51NO7/c1-4-7-8-9-10-11-12-13-14-15-16-17-18-19-20-21-30(35)34-27(33(38)39)24-26-22-23-28(40-31(36)5-2)29(25-26)41-32(37)6-3/h13-14,22-23,25,27H,4-12,15-21,24H2,1-3H3,(H,34,35)(H,38,39)/b14-13-/t27-/m0/s1. The lowest BCUT2D eigenvalue weighted by Crippen LogP contribution is -2.42. The van der Waals surface area contributed by atoms with E-state index in [1.807, 2.05) is 0 Å². The van der Waals surface area contributed by atoms with Gasteiger partial charge in [0.1, 0.15) is 6.04 Å². The Hall–Kier alpha value is -3.16. The molecule has 2 N–H and O–H groups in total. The molecule has 0 bridgehead atoms. The summed E-state index contributed by atoms with van der Waals surface area (Å²) in [6.45, 7) is 5.52. The van der Waals surface area contributed by atoms with Crippen molar-refractivity contribution in [2.24, 2.45) is 0 Å². The molecule has 0 heterocycles. The number of carboxylic acid groups (broad SMARTS) is 1. The Morgan fingerprint density at radius 2 is 1.29 bits per heavy atom. The average molecular weight is 574 g/mol. The zero-order valence-electron chi connectivity index (χ0n) is 25.4. The molecule has 1 atom stereocenters. The number of rotatable bonds is 23. The van der Waals surface area contributed by atoms with Crippen molar-refractivity contribution in [1.82, 2.24) is 5.32 Å². The summed E-state index contributed by atoms with van der Waals surface area (Å²) in [5.74, 6) is -2.34. The molecule has 0 spiro atoms. The van der Waals surface area contributed by atoms with E-state index < -0.39 is 23.9 Å². The molecule has 1 aromatic rings. The molecule has 8 heteroatoms. The molecule has 0 unspecified atom stereocenters. The minimum atomic E-state index is -1.16. The number of esters is 2. The highest BCUT2D eigenvalue weighted by atomic mass is 16.6. The zero-order chi connectivity index (χ0) is 30.3. The normalized spacial score (nSPS) is 11.8. The minimum Gasteiger partial charge on any atom is -0.480 e. The van der Waals surface area contributed by atoms with Crippen molar-refractivity contribution < 1.29 is 33.8 Å². The van der Waals surface area contributed by atoms with Crippen LogP contribution in [0.2, 0.25) is 0 Å². The Bertz CT molecular complexity index is 957. The second-order valence-electron chi connectivity index (χ2n) is 10.4. The molecular formula is C33H51NO7. The van der Waals surface area contributed by atoms with E-state index in [0.29, 0.717) is 12.0 Å². The van der Waals surface area contributed by atoms with E-state index in [9.17, 15) is 24.3 Å². The quantitative estimate of drug-likeness (QED) is 0.0603. The lowest BCUT2D eigenvalue weighted by atomic mass is 10.0. The Morgan fingerprint density at radius 1 is 0.756 bits per heavy atom. The van der Waals surface area contributed by atoms with E-state index in [-0.39, 0.29) is 43.1 Å².